The maximum atomic E-state index is 5.38. The van der Waals surface area contributed by atoms with Crippen molar-refractivity contribution in [2.75, 3.05) is 37.9 Å². The van der Waals surface area contributed by atoms with E-state index in [1.165, 1.54) is 0 Å². The summed E-state index contributed by atoms with van der Waals surface area (Å²) in [6.45, 7) is 6.17. The summed E-state index contributed by atoms with van der Waals surface area (Å²) in [4.78, 5) is 10.7. The number of nitrogens with zero attached hydrogens (tertiary/aromatic N) is 4. The first-order valence-electron chi connectivity index (χ1n) is 6.47. The second-order valence-corrected chi connectivity index (χ2v) is 5.93. The highest BCUT2D eigenvalue weighted by molar-refractivity contribution is 5.86. The molecule has 0 saturated carbocycles. The van der Waals surface area contributed by atoms with Gasteiger partial charge in [-0.25, -0.2) is 5.84 Å². The average molecular weight is 278 g/mol. The predicted molar refractivity (Wildman–Crippen MR) is 80.3 cm³/mol. The molecule has 0 atom stereocenters. The smallest absolute Gasteiger partial charge is 0.241 e. The second kappa shape index (κ2) is 5.59. The van der Waals surface area contributed by atoms with Crippen molar-refractivity contribution >= 4 is 22.8 Å². The Kier molecular flexibility index (Phi) is 4.05. The number of nitrogen functional groups attached to an aromatic ring is 1. The zero-order valence-electron chi connectivity index (χ0n) is 12.4. The van der Waals surface area contributed by atoms with Gasteiger partial charge >= 0.3 is 0 Å². The third kappa shape index (κ3) is 3.34. The van der Waals surface area contributed by atoms with Crippen LogP contribution in [0.15, 0.2) is 6.20 Å². The van der Waals surface area contributed by atoms with Crippen molar-refractivity contribution in [1.29, 1.82) is 0 Å². The van der Waals surface area contributed by atoms with Gasteiger partial charge in [-0.05, 0) is 19.5 Å². The van der Waals surface area contributed by atoms with E-state index in [0.717, 1.165) is 24.3 Å². The Balaban J connectivity index is 2.18. The molecule has 0 spiro atoms. The Hall–Kier alpha value is -1.93. The minimum atomic E-state index is 0.112. The van der Waals surface area contributed by atoms with Gasteiger partial charge in [0.25, 0.3) is 0 Å². The largest absolute Gasteiger partial charge is 0.369 e. The van der Waals surface area contributed by atoms with Gasteiger partial charge < -0.3 is 10.2 Å². The summed E-state index contributed by atoms with van der Waals surface area (Å²) in [5.74, 6) is 6.46. The van der Waals surface area contributed by atoms with Gasteiger partial charge in [0.05, 0.1) is 11.6 Å². The molecule has 0 fully saturated rings. The van der Waals surface area contributed by atoms with Crippen molar-refractivity contribution in [2.24, 2.45) is 11.3 Å². The van der Waals surface area contributed by atoms with Crippen LogP contribution in [0.5, 0.6) is 0 Å². The summed E-state index contributed by atoms with van der Waals surface area (Å²) in [6, 6.07) is 0. The van der Waals surface area contributed by atoms with Crippen LogP contribution < -0.4 is 16.6 Å². The van der Waals surface area contributed by atoms with Crippen LogP contribution in [0.4, 0.5) is 11.8 Å². The summed E-state index contributed by atoms with van der Waals surface area (Å²) >= 11 is 0. The predicted octanol–water partition coefficient (Wildman–Crippen LogP) is 0.638. The van der Waals surface area contributed by atoms with Gasteiger partial charge in [-0.15, -0.1) is 0 Å². The normalized spacial score (nSPS) is 12.1. The van der Waals surface area contributed by atoms with Crippen LogP contribution in [-0.2, 0) is 0 Å². The van der Waals surface area contributed by atoms with Gasteiger partial charge in [-0.3, -0.25) is 10.5 Å². The lowest BCUT2D eigenvalue weighted by atomic mass is 9.93. The zero-order valence-corrected chi connectivity index (χ0v) is 12.4. The number of rotatable bonds is 6. The van der Waals surface area contributed by atoms with Crippen LogP contribution in [0.3, 0.4) is 0 Å². The van der Waals surface area contributed by atoms with Crippen LogP contribution in [-0.4, -0.2) is 52.3 Å². The zero-order chi connectivity index (χ0) is 14.8. The van der Waals surface area contributed by atoms with Crippen LogP contribution in [0.2, 0.25) is 0 Å². The van der Waals surface area contributed by atoms with Gasteiger partial charge in [0.2, 0.25) is 5.95 Å². The number of hydrazine groups is 1. The van der Waals surface area contributed by atoms with Crippen LogP contribution >= 0.6 is 0 Å². The average Bonchev–Trinajstić information content (AvgIpc) is 2.82. The fourth-order valence-electron chi connectivity index (χ4n) is 2.27. The van der Waals surface area contributed by atoms with Crippen molar-refractivity contribution < 1.29 is 0 Å². The van der Waals surface area contributed by atoms with E-state index in [9.17, 15) is 0 Å². The lowest BCUT2D eigenvalue weighted by Gasteiger charge is -2.28. The third-order valence-corrected chi connectivity index (χ3v) is 2.92. The molecule has 0 aliphatic carbocycles. The summed E-state index contributed by atoms with van der Waals surface area (Å²) in [7, 11) is 4.13. The Labute approximate surface area is 118 Å². The molecule has 8 heteroatoms. The Morgan fingerprint density at radius 3 is 2.75 bits per heavy atom. The van der Waals surface area contributed by atoms with Crippen molar-refractivity contribution in [2.45, 2.75) is 13.8 Å². The number of anilines is 2. The molecule has 2 heterocycles. The number of H-pyrrole nitrogens is 1. The van der Waals surface area contributed by atoms with Gasteiger partial charge in [-0.1, -0.05) is 13.8 Å². The van der Waals surface area contributed by atoms with E-state index in [4.69, 9.17) is 5.84 Å². The first-order valence-corrected chi connectivity index (χ1v) is 6.47. The monoisotopic (exact) mass is 278 g/mol. The lowest BCUT2D eigenvalue weighted by Crippen LogP contribution is -2.34. The van der Waals surface area contributed by atoms with E-state index in [1.54, 1.807) is 6.20 Å². The molecule has 2 aromatic rings. The fraction of sp³-hybridized carbons (Fsp3) is 0.583. The van der Waals surface area contributed by atoms with Crippen LogP contribution in [0.25, 0.3) is 11.0 Å². The van der Waals surface area contributed by atoms with E-state index in [0.29, 0.717) is 11.6 Å². The summed E-state index contributed by atoms with van der Waals surface area (Å²) in [5.41, 5.74) is 3.23. The molecule has 20 heavy (non-hydrogen) atoms. The highest BCUT2D eigenvalue weighted by atomic mass is 15.3. The number of aromatic nitrogens is 4. The molecule has 2 aromatic heterocycles. The Morgan fingerprint density at radius 1 is 1.35 bits per heavy atom. The molecule has 0 aromatic carbocycles. The Bertz CT molecular complexity index is 574. The van der Waals surface area contributed by atoms with Gasteiger partial charge in [-0.2, -0.15) is 15.1 Å². The summed E-state index contributed by atoms with van der Waals surface area (Å²) < 4.78 is 0. The van der Waals surface area contributed by atoms with Crippen molar-refractivity contribution in [1.82, 2.24) is 25.1 Å². The third-order valence-electron chi connectivity index (χ3n) is 2.92. The molecular weight excluding hydrogens is 256 g/mol. The molecule has 8 nitrogen and oxygen atoms in total. The number of nitrogens with two attached hydrogens (primary N) is 1. The maximum absolute atomic E-state index is 5.38. The van der Waals surface area contributed by atoms with Crippen LogP contribution in [0, 0.1) is 5.41 Å². The van der Waals surface area contributed by atoms with E-state index < -0.39 is 0 Å². The quantitative estimate of drug-likeness (QED) is 0.453. The highest BCUT2D eigenvalue weighted by Crippen LogP contribution is 2.22. The van der Waals surface area contributed by atoms with Gasteiger partial charge in [0.1, 0.15) is 5.82 Å². The molecular formula is C12H22N8. The van der Waals surface area contributed by atoms with E-state index in [1.807, 2.05) is 0 Å². The molecule has 0 amide bonds. The molecule has 0 unspecified atom stereocenters. The van der Waals surface area contributed by atoms with Crippen molar-refractivity contribution in [3.8, 4) is 0 Å². The SMILES string of the molecule is CN(C)CC(C)(C)CNc1nc(NN)nc2[nH]ncc12. The summed E-state index contributed by atoms with van der Waals surface area (Å²) in [5, 5.41) is 11.0. The van der Waals surface area contributed by atoms with E-state index in [-0.39, 0.29) is 5.41 Å². The first kappa shape index (κ1) is 14.5. The van der Waals surface area contributed by atoms with Gasteiger partial charge in [0, 0.05) is 13.1 Å². The number of hydrogen-bond acceptors (Lipinski definition) is 7. The fourth-order valence-corrected chi connectivity index (χ4v) is 2.27. The van der Waals surface area contributed by atoms with Crippen molar-refractivity contribution in [3.63, 3.8) is 0 Å². The number of fused-ring (bicyclic) bond motifs is 1. The molecule has 2 rings (SSSR count). The molecule has 0 radical (unpaired) electrons. The number of hydrogen-bond donors (Lipinski definition) is 4. The van der Waals surface area contributed by atoms with Gasteiger partial charge in [0.15, 0.2) is 5.65 Å². The molecule has 0 saturated heterocycles. The molecule has 5 N–H and O–H groups in total. The lowest BCUT2D eigenvalue weighted by molar-refractivity contribution is 0.254. The first-order chi connectivity index (χ1) is 9.41. The standard InChI is InChI=1S/C12H22N8/c1-12(2,7-20(3)4)6-14-9-8-5-15-19-10(8)17-11(16-9)18-13/h5H,6-7,13H2,1-4H3,(H3,14,15,16,17,18,19). The highest BCUT2D eigenvalue weighted by Gasteiger charge is 2.20. The molecule has 0 aliphatic heterocycles. The van der Waals surface area contributed by atoms with Crippen LogP contribution in [0.1, 0.15) is 13.8 Å². The number of nitrogens with one attached hydrogen (secondary N) is 3. The van der Waals surface area contributed by atoms with E-state index >= 15 is 0 Å². The number of aromatic amines is 1. The molecule has 110 valence electrons. The summed E-state index contributed by atoms with van der Waals surface area (Å²) in [6.07, 6.45) is 1.71. The minimum Gasteiger partial charge on any atom is -0.369 e. The topological polar surface area (TPSA) is 108 Å². The molecule has 0 bridgehead atoms. The van der Waals surface area contributed by atoms with Crippen molar-refractivity contribution in [3.05, 3.63) is 6.20 Å². The maximum Gasteiger partial charge on any atom is 0.241 e. The van der Waals surface area contributed by atoms with E-state index in [2.05, 4.69) is 63.8 Å². The molecule has 0 aliphatic rings. The minimum absolute atomic E-state index is 0.112. The Morgan fingerprint density at radius 2 is 2.10 bits per heavy atom. The second-order valence-electron chi connectivity index (χ2n) is 5.93.